The average molecular weight is 245 g/mol. The minimum Gasteiger partial charge on any atom is -0.384 e. The van der Waals surface area contributed by atoms with E-state index in [2.05, 4.69) is 24.5 Å². The second-order valence-electron chi connectivity index (χ2n) is 5.04. The number of likely N-dealkylation sites (tertiary alicyclic amines) is 1. The molecule has 1 heterocycles. The van der Waals surface area contributed by atoms with Gasteiger partial charge >= 0.3 is 0 Å². The van der Waals surface area contributed by atoms with Gasteiger partial charge in [0.05, 0.1) is 0 Å². The molecule has 0 bridgehead atoms. The van der Waals surface area contributed by atoms with Crippen molar-refractivity contribution in [2.24, 2.45) is 11.8 Å². The molecule has 0 spiro atoms. The van der Waals surface area contributed by atoms with Crippen LogP contribution < -0.4 is 0 Å². The molecule has 1 unspecified atom stereocenters. The Balaban J connectivity index is 2.20. The normalized spacial score (nSPS) is 21.2. The summed E-state index contributed by atoms with van der Waals surface area (Å²) >= 11 is 4.45. The molecule has 0 aromatic carbocycles. The Kier molecular flexibility index (Phi) is 7.50. The largest absolute Gasteiger partial charge is 0.384 e. The highest BCUT2D eigenvalue weighted by molar-refractivity contribution is 7.80. The quantitative estimate of drug-likeness (QED) is 0.692. The van der Waals surface area contributed by atoms with Crippen LogP contribution in [-0.4, -0.2) is 44.0 Å². The number of thiol groups is 1. The maximum absolute atomic E-state index is 5.23. The molecule has 0 amide bonds. The number of rotatable bonds is 7. The summed E-state index contributed by atoms with van der Waals surface area (Å²) in [4.78, 5) is 2.61. The Morgan fingerprint density at radius 2 is 2.06 bits per heavy atom. The van der Waals surface area contributed by atoms with Crippen LogP contribution in [0.3, 0.4) is 0 Å². The molecule has 2 nitrogen and oxygen atoms in total. The number of hydrogen-bond donors (Lipinski definition) is 1. The van der Waals surface area contributed by atoms with Crippen LogP contribution in [-0.2, 0) is 4.74 Å². The fourth-order valence-electron chi connectivity index (χ4n) is 2.59. The Morgan fingerprint density at radius 3 is 2.56 bits per heavy atom. The summed E-state index contributed by atoms with van der Waals surface area (Å²) in [6.07, 6.45) is 5.21. The minimum atomic E-state index is 0.785. The molecule has 1 rings (SSSR count). The van der Waals surface area contributed by atoms with Crippen LogP contribution in [0, 0.1) is 11.8 Å². The number of nitrogens with zero attached hydrogens (tertiary/aromatic N) is 1. The van der Waals surface area contributed by atoms with Crippen LogP contribution in [0.15, 0.2) is 0 Å². The fraction of sp³-hybridized carbons (Fsp3) is 1.00. The van der Waals surface area contributed by atoms with Crippen LogP contribution in [0.1, 0.15) is 32.6 Å². The van der Waals surface area contributed by atoms with Crippen molar-refractivity contribution in [3.05, 3.63) is 0 Å². The summed E-state index contributed by atoms with van der Waals surface area (Å²) in [6, 6.07) is 0. The molecular weight excluding hydrogens is 218 g/mol. The minimum absolute atomic E-state index is 0.785. The van der Waals surface area contributed by atoms with E-state index in [1.165, 1.54) is 45.3 Å². The van der Waals surface area contributed by atoms with Crippen LogP contribution in [0.5, 0.6) is 0 Å². The lowest BCUT2D eigenvalue weighted by Crippen LogP contribution is -2.38. The molecule has 0 saturated carbocycles. The number of hydrogen-bond acceptors (Lipinski definition) is 3. The lowest BCUT2D eigenvalue weighted by molar-refractivity contribution is 0.0934. The molecule has 0 aromatic rings. The maximum Gasteiger partial charge on any atom is 0.0491 e. The molecule has 1 aliphatic rings. The van der Waals surface area contributed by atoms with Crippen molar-refractivity contribution in [1.82, 2.24) is 4.90 Å². The van der Waals surface area contributed by atoms with E-state index in [0.717, 1.165) is 24.2 Å². The Hall–Kier alpha value is 0.270. The van der Waals surface area contributed by atoms with Crippen molar-refractivity contribution in [1.29, 1.82) is 0 Å². The zero-order chi connectivity index (χ0) is 11.8. The molecule has 16 heavy (non-hydrogen) atoms. The van der Waals surface area contributed by atoms with Crippen LogP contribution in [0.4, 0.5) is 0 Å². The van der Waals surface area contributed by atoms with Crippen molar-refractivity contribution in [3.8, 4) is 0 Å². The van der Waals surface area contributed by atoms with E-state index >= 15 is 0 Å². The zero-order valence-corrected chi connectivity index (χ0v) is 11.7. The van der Waals surface area contributed by atoms with Gasteiger partial charge in [-0.1, -0.05) is 13.3 Å². The molecule has 0 radical (unpaired) electrons. The van der Waals surface area contributed by atoms with Gasteiger partial charge in [0.2, 0.25) is 0 Å². The molecule has 0 aromatic heterocycles. The van der Waals surface area contributed by atoms with Gasteiger partial charge in [-0.15, -0.1) is 0 Å². The van der Waals surface area contributed by atoms with Gasteiger partial charge in [-0.05, 0) is 49.9 Å². The molecular formula is C13H27NOS. The van der Waals surface area contributed by atoms with Gasteiger partial charge in [0, 0.05) is 20.3 Å². The SMILES string of the molecule is CCCC(CS)CN1CCC(COC)CC1. The van der Waals surface area contributed by atoms with Gasteiger partial charge in [-0.25, -0.2) is 0 Å². The third-order valence-corrected chi connectivity index (χ3v) is 4.10. The molecule has 3 heteroatoms. The number of ether oxygens (including phenoxy) is 1. The topological polar surface area (TPSA) is 12.5 Å². The lowest BCUT2D eigenvalue weighted by Gasteiger charge is -2.33. The van der Waals surface area contributed by atoms with Crippen molar-refractivity contribution in [2.45, 2.75) is 32.6 Å². The number of piperidine rings is 1. The van der Waals surface area contributed by atoms with E-state index in [0.29, 0.717) is 0 Å². The highest BCUT2D eigenvalue weighted by atomic mass is 32.1. The summed E-state index contributed by atoms with van der Waals surface area (Å²) < 4.78 is 5.23. The third kappa shape index (κ3) is 5.07. The summed E-state index contributed by atoms with van der Waals surface area (Å²) in [6.45, 7) is 6.96. The zero-order valence-electron chi connectivity index (χ0n) is 10.8. The first-order chi connectivity index (χ1) is 7.80. The van der Waals surface area contributed by atoms with Gasteiger partial charge in [0.1, 0.15) is 0 Å². The standard InChI is InChI=1S/C13H27NOS/c1-3-4-13(11-16)9-14-7-5-12(6-8-14)10-15-2/h12-13,16H,3-11H2,1-2H3. The fourth-order valence-corrected chi connectivity index (χ4v) is 2.88. The van der Waals surface area contributed by atoms with Gasteiger partial charge in [-0.2, -0.15) is 12.6 Å². The predicted molar refractivity (Wildman–Crippen MR) is 73.3 cm³/mol. The lowest BCUT2D eigenvalue weighted by atomic mass is 9.96. The van der Waals surface area contributed by atoms with Crippen molar-refractivity contribution in [2.75, 3.05) is 39.1 Å². The molecule has 96 valence electrons. The third-order valence-electron chi connectivity index (χ3n) is 3.58. The first-order valence-corrected chi connectivity index (χ1v) is 7.25. The van der Waals surface area contributed by atoms with E-state index in [9.17, 15) is 0 Å². The summed E-state index contributed by atoms with van der Waals surface area (Å²) in [5.74, 6) is 2.61. The van der Waals surface area contributed by atoms with Gasteiger partial charge in [0.25, 0.3) is 0 Å². The monoisotopic (exact) mass is 245 g/mol. The van der Waals surface area contributed by atoms with E-state index in [-0.39, 0.29) is 0 Å². The highest BCUT2D eigenvalue weighted by Crippen LogP contribution is 2.19. The molecule has 0 aliphatic carbocycles. The first-order valence-electron chi connectivity index (χ1n) is 6.62. The summed E-state index contributed by atoms with van der Waals surface area (Å²) in [7, 11) is 1.81. The van der Waals surface area contributed by atoms with Crippen molar-refractivity contribution >= 4 is 12.6 Å². The summed E-state index contributed by atoms with van der Waals surface area (Å²) in [5, 5.41) is 0. The van der Waals surface area contributed by atoms with Gasteiger partial charge in [-0.3, -0.25) is 0 Å². The molecule has 1 aliphatic heterocycles. The average Bonchev–Trinajstić information content (AvgIpc) is 2.31. The van der Waals surface area contributed by atoms with Crippen LogP contribution >= 0.6 is 12.6 Å². The second-order valence-corrected chi connectivity index (χ2v) is 5.40. The van der Waals surface area contributed by atoms with E-state index in [1.807, 2.05) is 7.11 Å². The predicted octanol–water partition coefficient (Wildman–Crippen LogP) is 2.69. The van der Waals surface area contributed by atoms with Crippen LogP contribution in [0.2, 0.25) is 0 Å². The van der Waals surface area contributed by atoms with Crippen molar-refractivity contribution < 1.29 is 4.74 Å². The molecule has 1 saturated heterocycles. The summed E-state index contributed by atoms with van der Waals surface area (Å²) in [5.41, 5.74) is 0. The molecule has 1 fully saturated rings. The van der Waals surface area contributed by atoms with E-state index < -0.39 is 0 Å². The van der Waals surface area contributed by atoms with Crippen molar-refractivity contribution in [3.63, 3.8) is 0 Å². The Morgan fingerprint density at radius 1 is 1.38 bits per heavy atom. The maximum atomic E-state index is 5.23. The second kappa shape index (κ2) is 8.37. The van der Waals surface area contributed by atoms with E-state index in [4.69, 9.17) is 4.74 Å². The van der Waals surface area contributed by atoms with Gasteiger partial charge in [0.15, 0.2) is 0 Å². The van der Waals surface area contributed by atoms with Crippen LogP contribution in [0.25, 0.3) is 0 Å². The number of methoxy groups -OCH3 is 1. The first kappa shape index (κ1) is 14.3. The molecule has 1 atom stereocenters. The Labute approximate surface area is 106 Å². The molecule has 0 N–H and O–H groups in total. The Bertz CT molecular complexity index is 169. The highest BCUT2D eigenvalue weighted by Gasteiger charge is 2.20. The smallest absolute Gasteiger partial charge is 0.0491 e. The van der Waals surface area contributed by atoms with Gasteiger partial charge < -0.3 is 9.64 Å². The van der Waals surface area contributed by atoms with E-state index in [1.54, 1.807) is 0 Å².